The number of nitrogens with zero attached hydrogens (tertiary/aromatic N) is 2. The minimum atomic E-state index is -3.52. The van der Waals surface area contributed by atoms with Crippen LogP contribution in [0.4, 0.5) is 5.69 Å². The number of hydrogen-bond acceptors (Lipinski definition) is 4. The van der Waals surface area contributed by atoms with E-state index >= 15 is 0 Å². The smallest absolute Gasteiger partial charge is 0.243 e. The van der Waals surface area contributed by atoms with E-state index in [-0.39, 0.29) is 10.8 Å². The van der Waals surface area contributed by atoms with Gasteiger partial charge in [0.25, 0.3) is 0 Å². The molecule has 0 aromatic heterocycles. The van der Waals surface area contributed by atoms with Crippen molar-refractivity contribution < 1.29 is 13.2 Å². The van der Waals surface area contributed by atoms with Crippen LogP contribution in [-0.2, 0) is 14.8 Å². The van der Waals surface area contributed by atoms with Crippen LogP contribution in [0.15, 0.2) is 23.1 Å². The highest BCUT2D eigenvalue weighted by atomic mass is 32.2. The molecule has 1 saturated heterocycles. The Hall–Kier alpha value is -1.44. The third-order valence-electron chi connectivity index (χ3n) is 3.59. The number of carbonyl (C=O) groups is 1. The van der Waals surface area contributed by atoms with Crippen LogP contribution in [0.2, 0.25) is 0 Å². The van der Waals surface area contributed by atoms with E-state index in [2.05, 4.69) is 10.2 Å². The molecule has 1 heterocycles. The van der Waals surface area contributed by atoms with Gasteiger partial charge in [-0.25, -0.2) is 8.42 Å². The van der Waals surface area contributed by atoms with E-state index in [1.165, 1.54) is 17.3 Å². The zero-order valence-electron chi connectivity index (χ0n) is 12.6. The lowest BCUT2D eigenvalue weighted by atomic mass is 10.2. The molecule has 1 fully saturated rings. The number of amides is 1. The number of hydrogen-bond donors (Lipinski definition) is 1. The topological polar surface area (TPSA) is 69.7 Å². The third kappa shape index (κ3) is 3.61. The first kappa shape index (κ1) is 15.9. The van der Waals surface area contributed by atoms with Gasteiger partial charge in [-0.05, 0) is 31.7 Å². The average molecular weight is 311 g/mol. The number of aryl methyl sites for hydroxylation is 1. The summed E-state index contributed by atoms with van der Waals surface area (Å²) in [5.74, 6) is -0.221. The predicted molar refractivity (Wildman–Crippen MR) is 81.7 cm³/mol. The Labute approximate surface area is 125 Å². The second kappa shape index (κ2) is 6.13. The lowest BCUT2D eigenvalue weighted by Crippen LogP contribution is -2.47. The molecule has 1 aliphatic heterocycles. The quantitative estimate of drug-likeness (QED) is 0.900. The minimum absolute atomic E-state index is 0.221. The molecular formula is C14H21N3O3S. The number of sulfonamides is 1. The second-order valence-corrected chi connectivity index (χ2v) is 7.28. The Morgan fingerprint density at radius 3 is 2.38 bits per heavy atom. The molecule has 0 atom stereocenters. The Kier molecular flexibility index (Phi) is 4.65. The summed E-state index contributed by atoms with van der Waals surface area (Å²) >= 11 is 0. The Bertz CT molecular complexity index is 635. The molecule has 21 heavy (non-hydrogen) atoms. The van der Waals surface area contributed by atoms with E-state index in [0.29, 0.717) is 24.3 Å². The van der Waals surface area contributed by atoms with Crippen molar-refractivity contribution in [1.82, 2.24) is 9.21 Å². The maximum Gasteiger partial charge on any atom is 0.243 e. The monoisotopic (exact) mass is 311 g/mol. The maximum atomic E-state index is 12.7. The zero-order chi connectivity index (χ0) is 15.6. The van der Waals surface area contributed by atoms with Gasteiger partial charge in [0.15, 0.2) is 0 Å². The van der Waals surface area contributed by atoms with Crippen LogP contribution >= 0.6 is 0 Å². The number of nitrogens with one attached hydrogen (secondary N) is 1. The number of likely N-dealkylation sites (N-methyl/N-ethyl adjacent to an activating group) is 1. The average Bonchev–Trinajstić information content (AvgIpc) is 2.41. The van der Waals surface area contributed by atoms with E-state index in [9.17, 15) is 13.2 Å². The van der Waals surface area contributed by atoms with Gasteiger partial charge in [0.1, 0.15) is 0 Å². The number of rotatable bonds is 3. The zero-order valence-corrected chi connectivity index (χ0v) is 13.4. The molecule has 6 nitrogen and oxygen atoms in total. The predicted octanol–water partition coefficient (Wildman–Crippen LogP) is 0.890. The van der Waals surface area contributed by atoms with Crippen molar-refractivity contribution >= 4 is 21.6 Å². The Morgan fingerprint density at radius 2 is 1.81 bits per heavy atom. The largest absolute Gasteiger partial charge is 0.326 e. The minimum Gasteiger partial charge on any atom is -0.326 e. The van der Waals surface area contributed by atoms with Crippen molar-refractivity contribution in [1.29, 1.82) is 0 Å². The van der Waals surface area contributed by atoms with E-state index in [0.717, 1.165) is 13.1 Å². The number of benzene rings is 1. The fraction of sp³-hybridized carbons (Fsp3) is 0.500. The maximum absolute atomic E-state index is 12.7. The van der Waals surface area contributed by atoms with E-state index < -0.39 is 10.0 Å². The lowest BCUT2D eigenvalue weighted by Gasteiger charge is -2.32. The van der Waals surface area contributed by atoms with E-state index in [1.54, 1.807) is 19.1 Å². The fourth-order valence-electron chi connectivity index (χ4n) is 2.33. The number of piperazine rings is 1. The lowest BCUT2D eigenvalue weighted by molar-refractivity contribution is -0.114. The van der Waals surface area contributed by atoms with Crippen LogP contribution in [0.3, 0.4) is 0 Å². The third-order valence-corrected chi connectivity index (χ3v) is 5.63. The molecule has 0 aliphatic carbocycles. The van der Waals surface area contributed by atoms with Crippen molar-refractivity contribution in [2.24, 2.45) is 0 Å². The van der Waals surface area contributed by atoms with E-state index in [4.69, 9.17) is 0 Å². The molecule has 1 N–H and O–H groups in total. The van der Waals surface area contributed by atoms with Gasteiger partial charge in [-0.15, -0.1) is 0 Å². The van der Waals surface area contributed by atoms with Crippen LogP contribution < -0.4 is 5.32 Å². The van der Waals surface area contributed by atoms with Crippen molar-refractivity contribution in [3.05, 3.63) is 23.8 Å². The summed E-state index contributed by atoms with van der Waals surface area (Å²) in [6.07, 6.45) is 0. The van der Waals surface area contributed by atoms with Crippen LogP contribution in [0.1, 0.15) is 12.5 Å². The Balaban J connectivity index is 2.32. The molecule has 0 saturated carbocycles. The molecule has 0 bridgehead atoms. The summed E-state index contributed by atoms with van der Waals surface area (Å²) in [5.41, 5.74) is 1.18. The first-order chi connectivity index (χ1) is 9.80. The van der Waals surface area contributed by atoms with Crippen LogP contribution in [-0.4, -0.2) is 56.8 Å². The molecule has 0 spiro atoms. The van der Waals surface area contributed by atoms with Crippen molar-refractivity contribution in [2.75, 3.05) is 38.5 Å². The van der Waals surface area contributed by atoms with Gasteiger partial charge in [0.05, 0.1) is 4.90 Å². The standard InChI is InChI=1S/C14H21N3O3S/c1-11-4-5-13(15-12(2)18)10-14(11)21(19,20)17-8-6-16(3)7-9-17/h4-5,10H,6-9H2,1-3H3,(H,15,18). The van der Waals surface area contributed by atoms with Crippen molar-refractivity contribution in [3.8, 4) is 0 Å². The summed E-state index contributed by atoms with van der Waals surface area (Å²) in [4.78, 5) is 13.5. The molecule has 7 heteroatoms. The number of carbonyl (C=O) groups excluding carboxylic acids is 1. The van der Waals surface area contributed by atoms with Crippen LogP contribution in [0.5, 0.6) is 0 Å². The summed E-state index contributed by atoms with van der Waals surface area (Å²) < 4.78 is 27.0. The van der Waals surface area contributed by atoms with Crippen LogP contribution in [0.25, 0.3) is 0 Å². The van der Waals surface area contributed by atoms with Gasteiger partial charge in [0, 0.05) is 38.8 Å². The van der Waals surface area contributed by atoms with Crippen LogP contribution in [0, 0.1) is 6.92 Å². The highest BCUT2D eigenvalue weighted by Crippen LogP contribution is 2.24. The van der Waals surface area contributed by atoms with Crippen molar-refractivity contribution in [3.63, 3.8) is 0 Å². The summed E-state index contributed by atoms with van der Waals surface area (Å²) in [6.45, 7) is 5.59. The molecule has 2 rings (SSSR count). The van der Waals surface area contributed by atoms with Gasteiger partial charge in [-0.1, -0.05) is 6.07 Å². The van der Waals surface area contributed by atoms with E-state index in [1.807, 2.05) is 7.05 Å². The molecule has 1 aromatic rings. The highest BCUT2D eigenvalue weighted by molar-refractivity contribution is 7.89. The van der Waals surface area contributed by atoms with Gasteiger partial charge in [-0.2, -0.15) is 4.31 Å². The first-order valence-electron chi connectivity index (χ1n) is 6.87. The Morgan fingerprint density at radius 1 is 1.19 bits per heavy atom. The van der Waals surface area contributed by atoms with Gasteiger partial charge >= 0.3 is 0 Å². The highest BCUT2D eigenvalue weighted by Gasteiger charge is 2.28. The molecule has 1 amide bonds. The molecule has 1 aliphatic rings. The van der Waals surface area contributed by atoms with Gasteiger partial charge < -0.3 is 10.2 Å². The van der Waals surface area contributed by atoms with Crippen molar-refractivity contribution in [2.45, 2.75) is 18.7 Å². The van der Waals surface area contributed by atoms with Gasteiger partial charge in [-0.3, -0.25) is 4.79 Å². The fourth-order valence-corrected chi connectivity index (χ4v) is 4.00. The van der Waals surface area contributed by atoms with Gasteiger partial charge in [0.2, 0.25) is 15.9 Å². The second-order valence-electron chi connectivity index (χ2n) is 5.37. The molecule has 0 radical (unpaired) electrons. The summed E-state index contributed by atoms with van der Waals surface area (Å²) in [6, 6.07) is 4.96. The molecule has 1 aromatic carbocycles. The number of anilines is 1. The first-order valence-corrected chi connectivity index (χ1v) is 8.31. The SMILES string of the molecule is CC(=O)Nc1ccc(C)c(S(=O)(=O)N2CCN(C)CC2)c1. The summed E-state index contributed by atoms with van der Waals surface area (Å²) in [5, 5.41) is 2.62. The normalized spacial score (nSPS) is 17.7. The summed E-state index contributed by atoms with van der Waals surface area (Å²) in [7, 11) is -1.54. The molecule has 116 valence electrons. The molecular weight excluding hydrogens is 290 g/mol. The molecule has 0 unspecified atom stereocenters.